The Morgan fingerprint density at radius 2 is 1.84 bits per heavy atom. The van der Waals surface area contributed by atoms with E-state index in [1.165, 1.54) is 35.2 Å². The van der Waals surface area contributed by atoms with Gasteiger partial charge in [0.25, 0.3) is 0 Å². The van der Waals surface area contributed by atoms with E-state index in [1.807, 2.05) is 23.6 Å². The maximum atomic E-state index is 13.7. The molecule has 0 saturated heterocycles. The number of hydrogen-bond donors (Lipinski definition) is 0. The van der Waals surface area contributed by atoms with Crippen LogP contribution < -0.4 is 9.47 Å². The number of nitrogens with zero attached hydrogens (tertiary/aromatic N) is 1. The van der Waals surface area contributed by atoms with Gasteiger partial charge in [-0.2, -0.15) is 0 Å². The smallest absolute Gasteiger partial charge is 0.161 e. The highest BCUT2D eigenvalue weighted by molar-refractivity contribution is 7.98. The predicted molar refractivity (Wildman–Crippen MR) is 96.6 cm³/mol. The third-order valence-electron chi connectivity index (χ3n) is 3.45. The summed E-state index contributed by atoms with van der Waals surface area (Å²) in [6.07, 6.45) is 0. The molecule has 0 amide bonds. The summed E-state index contributed by atoms with van der Waals surface area (Å²) in [7, 11) is 3.17. The molecule has 3 nitrogen and oxygen atoms in total. The molecular weight excluding hydrogens is 364 g/mol. The Morgan fingerprint density at radius 1 is 1.04 bits per heavy atom. The van der Waals surface area contributed by atoms with Crippen LogP contribution >= 0.6 is 23.1 Å². The van der Waals surface area contributed by atoms with Crippen LogP contribution in [0, 0.1) is 11.6 Å². The lowest BCUT2D eigenvalue weighted by Crippen LogP contribution is -1.91. The third-order valence-corrected chi connectivity index (χ3v) is 5.47. The van der Waals surface area contributed by atoms with Crippen molar-refractivity contribution in [3.63, 3.8) is 0 Å². The molecule has 130 valence electrons. The Kier molecular flexibility index (Phi) is 5.55. The van der Waals surface area contributed by atoms with Gasteiger partial charge in [-0.1, -0.05) is 0 Å². The van der Waals surface area contributed by atoms with Crippen molar-refractivity contribution in [3.8, 4) is 22.1 Å². The van der Waals surface area contributed by atoms with E-state index in [-0.39, 0.29) is 0 Å². The first-order valence-electron chi connectivity index (χ1n) is 7.35. The Labute approximate surface area is 152 Å². The lowest BCUT2D eigenvalue weighted by molar-refractivity contribution is 0.355. The summed E-state index contributed by atoms with van der Waals surface area (Å²) in [6.45, 7) is 0. The molecule has 3 rings (SSSR count). The third kappa shape index (κ3) is 4.11. The quantitative estimate of drug-likeness (QED) is 0.537. The van der Waals surface area contributed by atoms with Crippen LogP contribution in [0.15, 0.2) is 46.7 Å². The number of rotatable bonds is 6. The fraction of sp³-hybridized carbons (Fsp3) is 0.167. The lowest BCUT2D eigenvalue weighted by Gasteiger charge is -2.08. The first-order valence-corrected chi connectivity index (χ1v) is 9.22. The SMILES string of the molecule is COc1ccc(-c2nc(CSc3ccc(F)cc3F)cs2)cc1OC. The number of aromatic nitrogens is 1. The van der Waals surface area contributed by atoms with Crippen molar-refractivity contribution in [2.75, 3.05) is 14.2 Å². The molecule has 0 aliphatic carbocycles. The van der Waals surface area contributed by atoms with Crippen molar-refractivity contribution >= 4 is 23.1 Å². The second kappa shape index (κ2) is 7.84. The van der Waals surface area contributed by atoms with E-state index >= 15 is 0 Å². The van der Waals surface area contributed by atoms with Gasteiger partial charge in [-0.3, -0.25) is 0 Å². The maximum Gasteiger partial charge on any atom is 0.161 e. The summed E-state index contributed by atoms with van der Waals surface area (Å²) in [4.78, 5) is 4.98. The Balaban J connectivity index is 1.74. The average molecular weight is 379 g/mol. The summed E-state index contributed by atoms with van der Waals surface area (Å²) in [5, 5.41) is 2.77. The summed E-state index contributed by atoms with van der Waals surface area (Å²) in [5.41, 5.74) is 1.76. The fourth-order valence-corrected chi connectivity index (χ4v) is 3.95. The molecule has 2 aromatic carbocycles. The minimum absolute atomic E-state index is 0.405. The zero-order chi connectivity index (χ0) is 17.8. The summed E-state index contributed by atoms with van der Waals surface area (Å²) >= 11 is 2.79. The molecular formula is C18H15F2NO2S2. The van der Waals surface area contributed by atoms with E-state index in [1.54, 1.807) is 14.2 Å². The van der Waals surface area contributed by atoms with E-state index in [4.69, 9.17) is 9.47 Å². The number of hydrogen-bond acceptors (Lipinski definition) is 5. The van der Waals surface area contributed by atoms with Crippen molar-refractivity contribution in [2.45, 2.75) is 10.6 Å². The van der Waals surface area contributed by atoms with Crippen LogP contribution in [0.3, 0.4) is 0 Å². The predicted octanol–water partition coefficient (Wildman–Crippen LogP) is 5.40. The minimum Gasteiger partial charge on any atom is -0.493 e. The van der Waals surface area contributed by atoms with Crippen LogP contribution in [0.4, 0.5) is 8.78 Å². The topological polar surface area (TPSA) is 31.4 Å². The number of halogens is 2. The van der Waals surface area contributed by atoms with Crippen LogP contribution in [0.25, 0.3) is 10.6 Å². The van der Waals surface area contributed by atoms with Crippen LogP contribution in [0.5, 0.6) is 11.5 Å². The zero-order valence-electron chi connectivity index (χ0n) is 13.6. The van der Waals surface area contributed by atoms with Gasteiger partial charge in [0.15, 0.2) is 11.5 Å². The van der Waals surface area contributed by atoms with E-state index in [9.17, 15) is 8.78 Å². The van der Waals surface area contributed by atoms with Crippen LogP contribution in [0.1, 0.15) is 5.69 Å². The van der Waals surface area contributed by atoms with E-state index in [2.05, 4.69) is 4.98 Å². The van der Waals surface area contributed by atoms with Gasteiger partial charge < -0.3 is 9.47 Å². The highest BCUT2D eigenvalue weighted by Gasteiger charge is 2.11. The summed E-state index contributed by atoms with van der Waals surface area (Å²) in [5.74, 6) is 0.670. The van der Waals surface area contributed by atoms with Gasteiger partial charge in [0.1, 0.15) is 16.6 Å². The molecule has 0 N–H and O–H groups in total. The van der Waals surface area contributed by atoms with Crippen molar-refractivity contribution in [1.82, 2.24) is 4.98 Å². The highest BCUT2D eigenvalue weighted by atomic mass is 32.2. The van der Waals surface area contributed by atoms with E-state index < -0.39 is 11.6 Å². The Bertz CT molecular complexity index is 883. The van der Waals surface area contributed by atoms with Gasteiger partial charge in [-0.25, -0.2) is 13.8 Å². The first kappa shape index (κ1) is 17.7. The molecule has 0 spiro atoms. The van der Waals surface area contributed by atoms with Crippen LogP contribution in [-0.4, -0.2) is 19.2 Å². The second-order valence-electron chi connectivity index (χ2n) is 5.08. The molecule has 3 aromatic rings. The summed E-state index contributed by atoms with van der Waals surface area (Å²) < 4.78 is 37.2. The molecule has 0 fully saturated rings. The average Bonchev–Trinajstić information content (AvgIpc) is 3.09. The Morgan fingerprint density at radius 3 is 2.56 bits per heavy atom. The normalized spacial score (nSPS) is 10.7. The fourth-order valence-electron chi connectivity index (χ4n) is 2.22. The van der Waals surface area contributed by atoms with E-state index in [0.717, 1.165) is 22.3 Å². The maximum absolute atomic E-state index is 13.7. The number of ether oxygens (including phenoxy) is 2. The molecule has 7 heteroatoms. The monoisotopic (exact) mass is 379 g/mol. The molecule has 0 aliphatic rings. The van der Waals surface area contributed by atoms with Gasteiger partial charge >= 0.3 is 0 Å². The standard InChI is InChI=1S/C18H15F2NO2S2/c1-22-15-5-3-11(7-16(15)23-2)18-21-13(10-25-18)9-24-17-6-4-12(19)8-14(17)20/h3-8,10H,9H2,1-2H3. The van der Waals surface area contributed by atoms with Crippen molar-refractivity contribution < 1.29 is 18.3 Å². The molecule has 25 heavy (non-hydrogen) atoms. The van der Waals surface area contributed by atoms with Crippen LogP contribution in [-0.2, 0) is 5.75 Å². The molecule has 0 saturated carbocycles. The first-order chi connectivity index (χ1) is 12.1. The number of methoxy groups -OCH3 is 2. The van der Waals surface area contributed by atoms with Gasteiger partial charge in [0.2, 0.25) is 0 Å². The van der Waals surface area contributed by atoms with Crippen molar-refractivity contribution in [2.24, 2.45) is 0 Å². The van der Waals surface area contributed by atoms with Gasteiger partial charge in [-0.05, 0) is 30.3 Å². The van der Waals surface area contributed by atoms with Gasteiger partial charge in [0.05, 0.1) is 19.9 Å². The lowest BCUT2D eigenvalue weighted by atomic mass is 10.2. The minimum atomic E-state index is -0.578. The number of thiazole rings is 1. The molecule has 1 heterocycles. The van der Waals surface area contributed by atoms with Crippen molar-refractivity contribution in [1.29, 1.82) is 0 Å². The Hall–Kier alpha value is -2.12. The number of benzene rings is 2. The number of thioether (sulfide) groups is 1. The van der Waals surface area contributed by atoms with Crippen molar-refractivity contribution in [3.05, 3.63) is 59.1 Å². The van der Waals surface area contributed by atoms with Crippen LogP contribution in [0.2, 0.25) is 0 Å². The zero-order valence-corrected chi connectivity index (χ0v) is 15.2. The molecule has 0 bridgehead atoms. The summed E-state index contributed by atoms with van der Waals surface area (Å²) in [6, 6.07) is 9.19. The van der Waals surface area contributed by atoms with Gasteiger partial charge in [-0.15, -0.1) is 23.1 Å². The molecule has 0 aliphatic heterocycles. The largest absolute Gasteiger partial charge is 0.493 e. The molecule has 0 radical (unpaired) electrons. The molecule has 0 unspecified atom stereocenters. The van der Waals surface area contributed by atoms with Gasteiger partial charge in [0, 0.05) is 27.7 Å². The molecule has 0 atom stereocenters. The highest BCUT2D eigenvalue weighted by Crippen LogP contribution is 2.34. The molecule has 1 aromatic heterocycles. The second-order valence-corrected chi connectivity index (χ2v) is 6.95. The van der Waals surface area contributed by atoms with E-state index in [0.29, 0.717) is 22.1 Å².